The molecule has 1 fully saturated rings. The molecule has 0 bridgehead atoms. The first-order valence-corrected chi connectivity index (χ1v) is 9.85. The summed E-state index contributed by atoms with van der Waals surface area (Å²) in [6, 6.07) is 11.2. The largest absolute Gasteiger partial charge is 0.493 e. The van der Waals surface area contributed by atoms with Crippen LogP contribution in [0.25, 0.3) is 0 Å². The molecule has 0 radical (unpaired) electrons. The van der Waals surface area contributed by atoms with Crippen LogP contribution in [-0.4, -0.2) is 55.2 Å². The first kappa shape index (κ1) is 21.1. The van der Waals surface area contributed by atoms with Gasteiger partial charge in [-0.25, -0.2) is 0 Å². The van der Waals surface area contributed by atoms with Crippen LogP contribution in [0.1, 0.15) is 24.6 Å². The van der Waals surface area contributed by atoms with E-state index in [2.05, 4.69) is 15.2 Å². The topological polar surface area (TPSA) is 72.9 Å². The molecule has 7 nitrogen and oxygen atoms in total. The predicted molar refractivity (Wildman–Crippen MR) is 110 cm³/mol. The first-order valence-electron chi connectivity index (χ1n) is 9.85. The van der Waals surface area contributed by atoms with Gasteiger partial charge < -0.3 is 19.5 Å². The molecule has 0 aliphatic carbocycles. The third-order valence-corrected chi connectivity index (χ3v) is 5.21. The fourth-order valence-electron chi connectivity index (χ4n) is 3.42. The second kappa shape index (κ2) is 10.2. The molecule has 1 aliphatic rings. The molecular weight excluding hydrogens is 370 g/mol. The highest BCUT2D eigenvalue weighted by Crippen LogP contribution is 2.27. The Kier molecular flexibility index (Phi) is 7.43. The van der Waals surface area contributed by atoms with E-state index in [4.69, 9.17) is 14.2 Å². The maximum Gasteiger partial charge on any atom is 0.237 e. The Morgan fingerprint density at radius 1 is 1.24 bits per heavy atom. The Hall–Kier alpha value is -2.64. The number of hydrogen-bond donors (Lipinski definition) is 1. The van der Waals surface area contributed by atoms with E-state index in [-0.39, 0.29) is 18.1 Å². The fraction of sp³-hybridized carbons (Fsp3) is 0.455. The van der Waals surface area contributed by atoms with Gasteiger partial charge >= 0.3 is 0 Å². The highest BCUT2D eigenvalue weighted by atomic mass is 16.5. The SMILES string of the molecule is COc1ccc(CNC(=O)C(C)N2CCC(OCc3ccccn3)C2)cc1OC. The molecule has 3 rings (SSSR count). The molecular formula is C22H29N3O4. The number of methoxy groups -OCH3 is 2. The van der Waals surface area contributed by atoms with Crippen molar-refractivity contribution in [3.63, 3.8) is 0 Å². The summed E-state index contributed by atoms with van der Waals surface area (Å²) in [7, 11) is 3.20. The number of pyridine rings is 1. The average Bonchev–Trinajstić information content (AvgIpc) is 3.25. The Morgan fingerprint density at radius 2 is 2.07 bits per heavy atom. The number of benzene rings is 1. The van der Waals surface area contributed by atoms with Crippen LogP contribution in [0.15, 0.2) is 42.6 Å². The van der Waals surface area contributed by atoms with Gasteiger partial charge in [-0.15, -0.1) is 0 Å². The van der Waals surface area contributed by atoms with Gasteiger partial charge in [0.15, 0.2) is 11.5 Å². The zero-order valence-corrected chi connectivity index (χ0v) is 17.3. The lowest BCUT2D eigenvalue weighted by atomic mass is 10.2. The van der Waals surface area contributed by atoms with Crippen LogP contribution in [-0.2, 0) is 22.7 Å². The molecule has 1 N–H and O–H groups in total. The van der Waals surface area contributed by atoms with Crippen molar-refractivity contribution in [1.29, 1.82) is 0 Å². The molecule has 29 heavy (non-hydrogen) atoms. The molecule has 0 saturated carbocycles. The second-order valence-corrected chi connectivity index (χ2v) is 7.12. The highest BCUT2D eigenvalue weighted by Gasteiger charge is 2.30. The monoisotopic (exact) mass is 399 g/mol. The van der Waals surface area contributed by atoms with Gasteiger partial charge in [-0.1, -0.05) is 12.1 Å². The van der Waals surface area contributed by atoms with Crippen molar-refractivity contribution in [3.8, 4) is 11.5 Å². The van der Waals surface area contributed by atoms with Gasteiger partial charge in [0.1, 0.15) is 0 Å². The van der Waals surface area contributed by atoms with Crippen LogP contribution in [0.2, 0.25) is 0 Å². The molecule has 1 aromatic carbocycles. The van der Waals surface area contributed by atoms with E-state index in [1.807, 2.05) is 43.3 Å². The minimum Gasteiger partial charge on any atom is -0.493 e. The number of amides is 1. The molecule has 7 heteroatoms. The van der Waals surface area contributed by atoms with E-state index in [0.29, 0.717) is 24.7 Å². The smallest absolute Gasteiger partial charge is 0.237 e. The molecule has 2 atom stereocenters. The molecule has 156 valence electrons. The number of rotatable bonds is 9. The lowest BCUT2D eigenvalue weighted by Gasteiger charge is -2.23. The highest BCUT2D eigenvalue weighted by molar-refractivity contribution is 5.81. The Bertz CT molecular complexity index is 800. The van der Waals surface area contributed by atoms with Gasteiger partial charge in [-0.3, -0.25) is 14.7 Å². The van der Waals surface area contributed by atoms with E-state index in [1.54, 1.807) is 20.4 Å². The molecule has 2 aromatic rings. The van der Waals surface area contributed by atoms with Crippen molar-refractivity contribution in [2.75, 3.05) is 27.3 Å². The zero-order chi connectivity index (χ0) is 20.6. The maximum atomic E-state index is 12.6. The number of carbonyl (C=O) groups excluding carboxylic acids is 1. The first-order chi connectivity index (χ1) is 14.1. The standard InChI is InChI=1S/C22H29N3O4/c1-16(22(26)24-13-17-7-8-20(27-2)21(12-17)28-3)25-11-9-19(14-25)29-15-18-6-4-5-10-23-18/h4-8,10,12,16,19H,9,11,13-15H2,1-3H3,(H,24,26). The summed E-state index contributed by atoms with van der Waals surface area (Å²) in [5.41, 5.74) is 1.88. The summed E-state index contributed by atoms with van der Waals surface area (Å²) in [5, 5.41) is 3.01. The summed E-state index contributed by atoms with van der Waals surface area (Å²) in [6.07, 6.45) is 2.81. The van der Waals surface area contributed by atoms with E-state index in [1.165, 1.54) is 0 Å². The Morgan fingerprint density at radius 3 is 2.79 bits per heavy atom. The van der Waals surface area contributed by atoms with E-state index in [9.17, 15) is 4.79 Å². The summed E-state index contributed by atoms with van der Waals surface area (Å²) >= 11 is 0. The van der Waals surface area contributed by atoms with Gasteiger partial charge in [0, 0.05) is 25.8 Å². The van der Waals surface area contributed by atoms with Gasteiger partial charge in [0.2, 0.25) is 5.91 Å². The van der Waals surface area contributed by atoms with Crippen molar-refractivity contribution in [2.24, 2.45) is 0 Å². The number of nitrogens with zero attached hydrogens (tertiary/aromatic N) is 2. The molecule has 1 aliphatic heterocycles. The maximum absolute atomic E-state index is 12.6. The molecule has 1 aromatic heterocycles. The molecule has 0 spiro atoms. The minimum absolute atomic E-state index is 0.00478. The van der Waals surface area contributed by atoms with Crippen LogP contribution in [0, 0.1) is 0 Å². The van der Waals surface area contributed by atoms with Crippen LogP contribution < -0.4 is 14.8 Å². The average molecular weight is 399 g/mol. The van der Waals surface area contributed by atoms with Gasteiger partial charge in [-0.2, -0.15) is 0 Å². The van der Waals surface area contributed by atoms with Crippen molar-refractivity contribution in [3.05, 3.63) is 53.9 Å². The van der Waals surface area contributed by atoms with Crippen molar-refractivity contribution >= 4 is 5.91 Å². The molecule has 2 unspecified atom stereocenters. The van der Waals surface area contributed by atoms with Crippen LogP contribution >= 0.6 is 0 Å². The van der Waals surface area contributed by atoms with Gasteiger partial charge in [0.05, 0.1) is 38.7 Å². The summed E-state index contributed by atoms with van der Waals surface area (Å²) in [4.78, 5) is 19.0. The third kappa shape index (κ3) is 5.68. The minimum atomic E-state index is -0.210. The van der Waals surface area contributed by atoms with Gasteiger partial charge in [0.25, 0.3) is 0 Å². The molecule has 1 amide bonds. The Balaban J connectivity index is 1.45. The summed E-state index contributed by atoms with van der Waals surface area (Å²) in [6.45, 7) is 4.47. The van der Waals surface area contributed by atoms with Crippen molar-refractivity contribution in [2.45, 2.75) is 38.6 Å². The second-order valence-electron chi connectivity index (χ2n) is 7.12. The third-order valence-electron chi connectivity index (χ3n) is 5.21. The predicted octanol–water partition coefficient (Wildman–Crippen LogP) is 2.39. The van der Waals surface area contributed by atoms with Crippen LogP contribution in [0.3, 0.4) is 0 Å². The lowest BCUT2D eigenvalue weighted by Crippen LogP contribution is -2.44. The summed E-state index contributed by atoms with van der Waals surface area (Å²) in [5.74, 6) is 1.33. The number of nitrogens with one attached hydrogen (secondary N) is 1. The number of aromatic nitrogens is 1. The van der Waals surface area contributed by atoms with Crippen molar-refractivity contribution in [1.82, 2.24) is 15.2 Å². The van der Waals surface area contributed by atoms with Crippen LogP contribution in [0.5, 0.6) is 11.5 Å². The van der Waals surface area contributed by atoms with E-state index in [0.717, 1.165) is 30.8 Å². The van der Waals surface area contributed by atoms with Crippen LogP contribution in [0.4, 0.5) is 0 Å². The number of carbonyl (C=O) groups is 1. The fourth-order valence-corrected chi connectivity index (χ4v) is 3.42. The number of hydrogen-bond acceptors (Lipinski definition) is 6. The zero-order valence-electron chi connectivity index (χ0n) is 17.3. The van der Waals surface area contributed by atoms with E-state index < -0.39 is 0 Å². The quantitative estimate of drug-likeness (QED) is 0.698. The lowest BCUT2D eigenvalue weighted by molar-refractivity contribution is -0.125. The Labute approximate surface area is 172 Å². The summed E-state index contributed by atoms with van der Waals surface area (Å²) < 4.78 is 16.5. The van der Waals surface area contributed by atoms with Crippen molar-refractivity contribution < 1.29 is 19.0 Å². The van der Waals surface area contributed by atoms with E-state index >= 15 is 0 Å². The molecule has 2 heterocycles. The number of ether oxygens (including phenoxy) is 3. The number of likely N-dealkylation sites (tertiary alicyclic amines) is 1. The molecule has 1 saturated heterocycles. The van der Waals surface area contributed by atoms with Gasteiger partial charge in [-0.05, 0) is 43.2 Å². The normalized spacial score (nSPS) is 17.7.